The Bertz CT molecular complexity index is 708. The van der Waals surface area contributed by atoms with Crippen LogP contribution in [-0.4, -0.2) is 50.0 Å². The molecule has 0 saturated carbocycles. The number of aliphatic imine (C=N–C) groups is 1. The minimum atomic E-state index is -0.560. The summed E-state index contributed by atoms with van der Waals surface area (Å²) in [6.07, 6.45) is 0. The molecular formula is C16H22IN5O2S. The number of guanidine groups is 1. The van der Waals surface area contributed by atoms with Crippen LogP contribution in [0.1, 0.15) is 16.3 Å². The Labute approximate surface area is 167 Å². The Morgan fingerprint density at radius 1 is 1.32 bits per heavy atom. The van der Waals surface area contributed by atoms with Crippen LogP contribution < -0.4 is 16.0 Å². The normalized spacial score (nSPS) is 15.0. The van der Waals surface area contributed by atoms with E-state index in [1.165, 1.54) is 5.00 Å². The summed E-state index contributed by atoms with van der Waals surface area (Å²) in [6, 6.07) is 7.56. The summed E-state index contributed by atoms with van der Waals surface area (Å²) >= 11 is 1.77. The van der Waals surface area contributed by atoms with Crippen molar-refractivity contribution in [1.29, 1.82) is 0 Å². The maximum atomic E-state index is 11.1. The van der Waals surface area contributed by atoms with Crippen molar-refractivity contribution in [2.75, 3.05) is 38.1 Å². The molecule has 136 valence electrons. The van der Waals surface area contributed by atoms with Crippen LogP contribution in [0.3, 0.4) is 0 Å². The zero-order valence-electron chi connectivity index (χ0n) is 14.0. The van der Waals surface area contributed by atoms with Gasteiger partial charge in [-0.05, 0) is 29.6 Å². The smallest absolute Gasteiger partial charge is 0.284 e. The number of nitrogens with one attached hydrogen (secondary N) is 1. The number of amides is 1. The average Bonchev–Trinajstić information content (AvgIpc) is 3.28. The second kappa shape index (κ2) is 9.09. The average molecular weight is 475 g/mol. The highest BCUT2D eigenvalue weighted by Gasteiger charge is 2.20. The van der Waals surface area contributed by atoms with Crippen LogP contribution in [0.2, 0.25) is 0 Å². The van der Waals surface area contributed by atoms with Gasteiger partial charge in [0.1, 0.15) is 5.76 Å². The zero-order valence-corrected chi connectivity index (χ0v) is 17.1. The molecule has 3 rings (SSSR count). The first-order valence-corrected chi connectivity index (χ1v) is 8.68. The van der Waals surface area contributed by atoms with Crippen molar-refractivity contribution >= 4 is 52.2 Å². The molecule has 9 heteroatoms. The van der Waals surface area contributed by atoms with Crippen molar-refractivity contribution in [3.63, 3.8) is 0 Å². The molecule has 1 saturated heterocycles. The molecule has 2 aromatic rings. The minimum Gasteiger partial charge on any atom is -0.454 e. The molecule has 1 amide bonds. The van der Waals surface area contributed by atoms with Gasteiger partial charge in [0.15, 0.2) is 11.7 Å². The highest BCUT2D eigenvalue weighted by molar-refractivity contribution is 14.0. The molecule has 25 heavy (non-hydrogen) atoms. The van der Waals surface area contributed by atoms with E-state index < -0.39 is 5.91 Å². The number of thiophene rings is 1. The van der Waals surface area contributed by atoms with Crippen LogP contribution in [0.15, 0.2) is 39.1 Å². The summed E-state index contributed by atoms with van der Waals surface area (Å²) in [7, 11) is 1.77. The first-order valence-electron chi connectivity index (χ1n) is 7.80. The highest BCUT2D eigenvalue weighted by Crippen LogP contribution is 2.22. The van der Waals surface area contributed by atoms with Crippen LogP contribution in [-0.2, 0) is 6.54 Å². The second-order valence-corrected chi connectivity index (χ2v) is 6.38. The molecular weight excluding hydrogens is 453 g/mol. The van der Waals surface area contributed by atoms with Gasteiger partial charge < -0.3 is 25.3 Å². The van der Waals surface area contributed by atoms with Gasteiger partial charge in [-0.15, -0.1) is 35.3 Å². The van der Waals surface area contributed by atoms with Crippen LogP contribution >= 0.6 is 35.3 Å². The van der Waals surface area contributed by atoms with E-state index in [4.69, 9.17) is 10.2 Å². The summed E-state index contributed by atoms with van der Waals surface area (Å²) in [5.41, 5.74) is 5.19. The van der Waals surface area contributed by atoms with Gasteiger partial charge in [0, 0.05) is 33.2 Å². The van der Waals surface area contributed by atoms with Gasteiger partial charge in [0.25, 0.3) is 5.91 Å². The first-order chi connectivity index (χ1) is 11.7. The molecule has 0 bridgehead atoms. The Hall–Kier alpha value is -1.75. The number of hydrogen-bond donors (Lipinski definition) is 2. The molecule has 7 nitrogen and oxygen atoms in total. The summed E-state index contributed by atoms with van der Waals surface area (Å²) < 4.78 is 5.38. The number of primary amides is 1. The van der Waals surface area contributed by atoms with Crippen molar-refractivity contribution in [2.24, 2.45) is 10.7 Å². The molecule has 3 heterocycles. The number of carbonyl (C=O) groups is 1. The van der Waals surface area contributed by atoms with E-state index in [2.05, 4.69) is 37.6 Å². The predicted molar refractivity (Wildman–Crippen MR) is 111 cm³/mol. The van der Waals surface area contributed by atoms with E-state index in [-0.39, 0.29) is 29.7 Å². The lowest BCUT2D eigenvalue weighted by molar-refractivity contribution is 0.0972. The third-order valence-corrected chi connectivity index (χ3v) is 4.86. The molecule has 0 aliphatic carbocycles. The van der Waals surface area contributed by atoms with Crippen LogP contribution in [0, 0.1) is 0 Å². The fraction of sp³-hybridized carbons (Fsp3) is 0.375. The van der Waals surface area contributed by atoms with Gasteiger partial charge >= 0.3 is 0 Å². The predicted octanol–water partition coefficient (Wildman–Crippen LogP) is 1.96. The fourth-order valence-electron chi connectivity index (χ4n) is 2.69. The molecule has 0 aromatic carbocycles. The number of hydrogen-bond acceptors (Lipinski definition) is 5. The Balaban J connectivity index is 0.00000225. The molecule has 1 fully saturated rings. The van der Waals surface area contributed by atoms with E-state index in [1.54, 1.807) is 30.5 Å². The molecule has 1 aliphatic heterocycles. The number of furan rings is 1. The van der Waals surface area contributed by atoms with Gasteiger partial charge in [-0.3, -0.25) is 9.79 Å². The number of piperazine rings is 1. The number of nitrogens with two attached hydrogens (primary N) is 1. The number of rotatable bonds is 4. The third-order valence-electron chi connectivity index (χ3n) is 3.93. The van der Waals surface area contributed by atoms with Crippen molar-refractivity contribution in [1.82, 2.24) is 10.2 Å². The van der Waals surface area contributed by atoms with Gasteiger partial charge in [0.05, 0.1) is 11.5 Å². The van der Waals surface area contributed by atoms with Gasteiger partial charge in [-0.25, -0.2) is 0 Å². The van der Waals surface area contributed by atoms with Crippen LogP contribution in [0.25, 0.3) is 0 Å². The number of anilines is 1. The van der Waals surface area contributed by atoms with Crippen molar-refractivity contribution < 1.29 is 9.21 Å². The maximum Gasteiger partial charge on any atom is 0.284 e. The van der Waals surface area contributed by atoms with Gasteiger partial charge in [-0.2, -0.15) is 0 Å². The van der Waals surface area contributed by atoms with Crippen LogP contribution in [0.4, 0.5) is 5.00 Å². The van der Waals surface area contributed by atoms with Crippen molar-refractivity contribution in [3.05, 3.63) is 41.2 Å². The van der Waals surface area contributed by atoms with E-state index in [1.807, 2.05) is 0 Å². The van der Waals surface area contributed by atoms with Crippen LogP contribution in [0.5, 0.6) is 0 Å². The third kappa shape index (κ3) is 4.88. The molecule has 0 spiro atoms. The molecule has 0 atom stereocenters. The molecule has 0 unspecified atom stereocenters. The van der Waals surface area contributed by atoms with E-state index in [9.17, 15) is 4.79 Å². The van der Waals surface area contributed by atoms with E-state index >= 15 is 0 Å². The lowest BCUT2D eigenvalue weighted by atomic mass is 10.3. The molecule has 1 aliphatic rings. The maximum absolute atomic E-state index is 11.1. The summed E-state index contributed by atoms with van der Waals surface area (Å²) in [5.74, 6) is 1.10. The van der Waals surface area contributed by atoms with Gasteiger partial charge in [-0.1, -0.05) is 0 Å². The number of halogens is 1. The number of nitrogens with zero attached hydrogens (tertiary/aromatic N) is 3. The minimum absolute atomic E-state index is 0. The van der Waals surface area contributed by atoms with E-state index in [0.717, 1.165) is 32.1 Å². The molecule has 0 radical (unpaired) electrons. The van der Waals surface area contributed by atoms with Crippen molar-refractivity contribution in [3.8, 4) is 0 Å². The summed E-state index contributed by atoms with van der Waals surface area (Å²) in [4.78, 5) is 20.0. The molecule has 3 N–H and O–H groups in total. The second-order valence-electron chi connectivity index (χ2n) is 5.46. The molecule has 2 aromatic heterocycles. The Morgan fingerprint density at radius 3 is 2.64 bits per heavy atom. The monoisotopic (exact) mass is 475 g/mol. The highest BCUT2D eigenvalue weighted by atomic mass is 127. The fourth-order valence-corrected chi connectivity index (χ4v) is 3.48. The van der Waals surface area contributed by atoms with Crippen molar-refractivity contribution in [2.45, 2.75) is 6.54 Å². The number of carbonyl (C=O) groups excluding carboxylic acids is 1. The SMILES string of the molecule is CN=C(NCc1ccc(C(N)=O)o1)N1CCN(c2cccs2)CC1.I. The largest absolute Gasteiger partial charge is 0.454 e. The quantitative estimate of drug-likeness (QED) is 0.401. The lowest BCUT2D eigenvalue weighted by Crippen LogP contribution is -2.52. The van der Waals surface area contributed by atoms with E-state index in [0.29, 0.717) is 12.3 Å². The zero-order chi connectivity index (χ0) is 16.9. The van der Waals surface area contributed by atoms with Gasteiger partial charge in [0.2, 0.25) is 0 Å². The Morgan fingerprint density at radius 2 is 2.08 bits per heavy atom. The standard InChI is InChI=1S/C16H21N5O2S.HI/c1-18-16(19-11-12-4-5-13(23-12)15(17)22)21-8-6-20(7-9-21)14-3-2-10-24-14;/h2-5,10H,6-9,11H2,1H3,(H2,17,22)(H,18,19);1H. The lowest BCUT2D eigenvalue weighted by Gasteiger charge is -2.36. The summed E-state index contributed by atoms with van der Waals surface area (Å²) in [6.45, 7) is 4.21. The summed E-state index contributed by atoms with van der Waals surface area (Å²) in [5, 5.41) is 6.69. The first kappa shape index (κ1) is 19.6. The Kier molecular flexibility index (Phi) is 7.12. The topological polar surface area (TPSA) is 87.1 Å².